The van der Waals surface area contributed by atoms with Crippen LogP contribution in [0.5, 0.6) is 0 Å². The summed E-state index contributed by atoms with van der Waals surface area (Å²) in [5.74, 6) is 0.898. The molecule has 3 aromatic rings. The van der Waals surface area contributed by atoms with Crippen LogP contribution in [-0.4, -0.2) is 9.55 Å². The van der Waals surface area contributed by atoms with E-state index >= 15 is 0 Å². The number of aromatic nitrogens is 2. The number of halogens is 2. The molecule has 108 valence electrons. The minimum absolute atomic E-state index is 0.0266. The number of hydrogen-bond acceptors (Lipinski definition) is 1. The molecule has 0 bridgehead atoms. The number of hydrogen-bond donors (Lipinski definition) is 0. The Morgan fingerprint density at radius 1 is 1.24 bits per heavy atom. The third kappa shape index (κ3) is 2.54. The van der Waals surface area contributed by atoms with Crippen LogP contribution in [0.2, 0.25) is 0 Å². The number of benzene rings is 2. The lowest BCUT2D eigenvalue weighted by Gasteiger charge is -2.17. The third-order valence-electron chi connectivity index (χ3n) is 3.76. The van der Waals surface area contributed by atoms with Gasteiger partial charge in [0, 0.05) is 0 Å². The van der Waals surface area contributed by atoms with E-state index in [2.05, 4.69) is 15.6 Å². The maximum atomic E-state index is 13.5. The third-order valence-corrected chi connectivity index (χ3v) is 3.99. The van der Waals surface area contributed by atoms with Gasteiger partial charge in [0.2, 0.25) is 0 Å². The molecule has 1 aromatic heterocycles. The molecule has 1 unspecified atom stereocenters. The van der Waals surface area contributed by atoms with Crippen molar-refractivity contribution in [2.75, 3.05) is 0 Å². The Bertz CT molecular complexity index is 795. The number of nitrogens with zero attached hydrogens (tertiary/aromatic N) is 2. The molecule has 1 atom stereocenters. The summed E-state index contributed by atoms with van der Waals surface area (Å²) < 4.78 is 15.6. The Morgan fingerprint density at radius 2 is 2.05 bits per heavy atom. The van der Waals surface area contributed by atoms with Crippen LogP contribution in [0.15, 0.2) is 42.5 Å². The van der Waals surface area contributed by atoms with Gasteiger partial charge in [-0.25, -0.2) is 9.37 Å². The first-order valence-electron chi connectivity index (χ1n) is 6.89. The molecule has 2 nitrogen and oxygen atoms in total. The average molecular weight is 303 g/mol. The van der Waals surface area contributed by atoms with Gasteiger partial charge in [0.15, 0.2) is 0 Å². The lowest BCUT2D eigenvalue weighted by molar-refractivity contribution is 0.603. The zero-order valence-corrected chi connectivity index (χ0v) is 12.7. The largest absolute Gasteiger partial charge is 0.320 e. The summed E-state index contributed by atoms with van der Waals surface area (Å²) in [6.45, 7) is 4.08. The van der Waals surface area contributed by atoms with Crippen molar-refractivity contribution >= 4 is 22.6 Å². The van der Waals surface area contributed by atoms with Gasteiger partial charge < -0.3 is 4.57 Å². The molecule has 1 heterocycles. The van der Waals surface area contributed by atoms with Crippen LogP contribution in [0, 0.1) is 12.7 Å². The molecule has 0 aliphatic heterocycles. The first-order valence-corrected chi connectivity index (χ1v) is 7.42. The second-order valence-corrected chi connectivity index (χ2v) is 5.52. The molecule has 0 fully saturated rings. The van der Waals surface area contributed by atoms with Gasteiger partial charge in [-0.2, -0.15) is 0 Å². The van der Waals surface area contributed by atoms with Gasteiger partial charge in [-0.1, -0.05) is 18.2 Å². The van der Waals surface area contributed by atoms with Crippen LogP contribution < -0.4 is 0 Å². The molecule has 21 heavy (non-hydrogen) atoms. The van der Waals surface area contributed by atoms with Crippen molar-refractivity contribution in [3.8, 4) is 0 Å². The van der Waals surface area contributed by atoms with E-state index in [1.807, 2.05) is 32.0 Å². The number of imidazole rings is 1. The number of fused-ring (bicyclic) bond motifs is 1. The van der Waals surface area contributed by atoms with Gasteiger partial charge in [0.1, 0.15) is 11.6 Å². The summed E-state index contributed by atoms with van der Waals surface area (Å²) in [4.78, 5) is 4.58. The van der Waals surface area contributed by atoms with E-state index in [9.17, 15) is 4.39 Å². The molecule has 0 spiro atoms. The second-order valence-electron chi connectivity index (χ2n) is 5.25. The van der Waals surface area contributed by atoms with Crippen molar-refractivity contribution < 1.29 is 4.39 Å². The van der Waals surface area contributed by atoms with Crippen molar-refractivity contribution in [1.29, 1.82) is 0 Å². The fourth-order valence-electron chi connectivity index (χ4n) is 2.69. The minimum Gasteiger partial charge on any atom is -0.320 e. The highest BCUT2D eigenvalue weighted by Gasteiger charge is 2.17. The van der Waals surface area contributed by atoms with E-state index in [1.54, 1.807) is 12.1 Å². The summed E-state index contributed by atoms with van der Waals surface area (Å²) in [6.07, 6.45) is 0. The molecule has 0 radical (unpaired) electrons. The summed E-state index contributed by atoms with van der Waals surface area (Å²) in [5, 5.41) is 0. The molecule has 0 aliphatic rings. The van der Waals surface area contributed by atoms with E-state index in [0.717, 1.165) is 28.0 Å². The standard InChI is InChI=1S/C17H16ClFN2/c1-11-6-7-15-16(8-11)21(17(10-18)20-15)12(2)13-4-3-5-14(19)9-13/h3-9,12H,10H2,1-2H3. The van der Waals surface area contributed by atoms with E-state index < -0.39 is 0 Å². The highest BCUT2D eigenvalue weighted by molar-refractivity contribution is 6.16. The van der Waals surface area contributed by atoms with Gasteiger partial charge in [-0.3, -0.25) is 0 Å². The van der Waals surface area contributed by atoms with Gasteiger partial charge in [0.25, 0.3) is 0 Å². The van der Waals surface area contributed by atoms with E-state index in [1.165, 1.54) is 6.07 Å². The smallest absolute Gasteiger partial charge is 0.125 e. The molecule has 2 aromatic carbocycles. The lowest BCUT2D eigenvalue weighted by atomic mass is 10.1. The topological polar surface area (TPSA) is 17.8 Å². The van der Waals surface area contributed by atoms with Crippen molar-refractivity contribution in [2.24, 2.45) is 0 Å². The van der Waals surface area contributed by atoms with Gasteiger partial charge in [-0.15, -0.1) is 11.6 Å². The molecular formula is C17H16ClFN2. The maximum absolute atomic E-state index is 13.5. The predicted molar refractivity (Wildman–Crippen MR) is 84.2 cm³/mol. The molecular weight excluding hydrogens is 287 g/mol. The van der Waals surface area contributed by atoms with Crippen molar-refractivity contribution in [2.45, 2.75) is 25.8 Å². The van der Waals surface area contributed by atoms with E-state index in [-0.39, 0.29) is 11.9 Å². The van der Waals surface area contributed by atoms with Crippen LogP contribution in [-0.2, 0) is 5.88 Å². The zero-order valence-electron chi connectivity index (χ0n) is 12.0. The van der Waals surface area contributed by atoms with Gasteiger partial charge >= 0.3 is 0 Å². The van der Waals surface area contributed by atoms with Crippen molar-refractivity contribution in [3.63, 3.8) is 0 Å². The summed E-state index contributed by atoms with van der Waals surface area (Å²) in [6, 6.07) is 12.8. The first-order chi connectivity index (χ1) is 10.1. The summed E-state index contributed by atoms with van der Waals surface area (Å²) >= 11 is 6.05. The van der Waals surface area contributed by atoms with Crippen LogP contribution in [0.4, 0.5) is 4.39 Å². The molecule has 0 saturated heterocycles. The molecule has 0 aliphatic carbocycles. The molecule has 0 saturated carbocycles. The number of rotatable bonds is 3. The first kappa shape index (κ1) is 14.1. The molecule has 0 amide bonds. The Kier molecular flexibility index (Phi) is 3.68. The van der Waals surface area contributed by atoms with Crippen LogP contribution in [0.1, 0.15) is 29.9 Å². The minimum atomic E-state index is -0.229. The van der Waals surface area contributed by atoms with E-state index in [4.69, 9.17) is 11.6 Å². The fraction of sp³-hybridized carbons (Fsp3) is 0.235. The predicted octanol–water partition coefficient (Wildman–Crippen LogP) is 4.83. The SMILES string of the molecule is Cc1ccc2nc(CCl)n(C(C)c3cccc(F)c3)c2c1. The van der Waals surface area contributed by atoms with Gasteiger partial charge in [-0.05, 0) is 49.2 Å². The van der Waals surface area contributed by atoms with Crippen molar-refractivity contribution in [1.82, 2.24) is 9.55 Å². The Labute approximate surface area is 128 Å². The highest BCUT2D eigenvalue weighted by atomic mass is 35.5. The van der Waals surface area contributed by atoms with Crippen LogP contribution >= 0.6 is 11.6 Å². The quantitative estimate of drug-likeness (QED) is 0.634. The van der Waals surface area contributed by atoms with Crippen LogP contribution in [0.25, 0.3) is 11.0 Å². The number of alkyl halides is 1. The van der Waals surface area contributed by atoms with E-state index in [0.29, 0.717) is 5.88 Å². The highest BCUT2D eigenvalue weighted by Crippen LogP contribution is 2.27. The second kappa shape index (κ2) is 5.49. The normalized spacial score (nSPS) is 12.8. The Morgan fingerprint density at radius 3 is 2.76 bits per heavy atom. The Balaban J connectivity index is 2.20. The number of aryl methyl sites for hydroxylation is 1. The Hall–Kier alpha value is -1.87. The lowest BCUT2D eigenvalue weighted by Crippen LogP contribution is -2.10. The maximum Gasteiger partial charge on any atom is 0.125 e. The zero-order chi connectivity index (χ0) is 15.0. The van der Waals surface area contributed by atoms with Crippen molar-refractivity contribution in [3.05, 3.63) is 65.2 Å². The molecule has 4 heteroatoms. The summed E-state index contributed by atoms with van der Waals surface area (Å²) in [7, 11) is 0. The average Bonchev–Trinajstić information content (AvgIpc) is 2.84. The monoisotopic (exact) mass is 302 g/mol. The fourth-order valence-corrected chi connectivity index (χ4v) is 2.88. The molecule has 0 N–H and O–H groups in total. The molecule has 3 rings (SSSR count). The van der Waals surface area contributed by atoms with Crippen LogP contribution in [0.3, 0.4) is 0 Å². The van der Waals surface area contributed by atoms with Gasteiger partial charge in [0.05, 0.1) is 23.0 Å². The summed E-state index contributed by atoms with van der Waals surface area (Å²) in [5.41, 5.74) is 4.01.